The van der Waals surface area contributed by atoms with E-state index in [-0.39, 0.29) is 0 Å². The number of hydrogen-bond acceptors (Lipinski definition) is 2. The van der Waals surface area contributed by atoms with Gasteiger partial charge in [0.25, 0.3) is 0 Å². The van der Waals surface area contributed by atoms with E-state index in [1.807, 2.05) is 19.1 Å². The van der Waals surface area contributed by atoms with E-state index in [1.54, 1.807) is 6.92 Å². The average molecular weight is 247 g/mol. The van der Waals surface area contributed by atoms with Crippen LogP contribution in [0.25, 0.3) is 0 Å². The van der Waals surface area contributed by atoms with Crippen LogP contribution in [-0.4, -0.2) is 12.7 Å². The van der Waals surface area contributed by atoms with Gasteiger partial charge in [0, 0.05) is 5.69 Å². The number of ether oxygens (including phenoxy) is 1. The lowest BCUT2D eigenvalue weighted by Gasteiger charge is -2.10. The van der Waals surface area contributed by atoms with Crippen molar-refractivity contribution in [1.29, 1.82) is 0 Å². The summed E-state index contributed by atoms with van der Waals surface area (Å²) in [6.45, 7) is 6.31. The Kier molecular flexibility index (Phi) is 5.98. The lowest BCUT2D eigenvalue weighted by atomic mass is 10.1. The second kappa shape index (κ2) is 7.54. The van der Waals surface area contributed by atoms with Crippen molar-refractivity contribution in [2.75, 3.05) is 11.9 Å². The highest BCUT2D eigenvalue weighted by Gasteiger charge is 2.06. The van der Waals surface area contributed by atoms with Crippen molar-refractivity contribution in [3.8, 4) is 0 Å². The van der Waals surface area contributed by atoms with Gasteiger partial charge in [0.2, 0.25) is 0 Å². The average Bonchev–Trinajstić information content (AvgIpc) is 2.33. The Morgan fingerprint density at radius 1 is 1.33 bits per heavy atom. The van der Waals surface area contributed by atoms with E-state index in [4.69, 9.17) is 4.74 Å². The highest BCUT2D eigenvalue weighted by molar-refractivity contribution is 5.85. The Hall–Kier alpha value is -1.77. The Bertz CT molecular complexity index is 425. The van der Waals surface area contributed by atoms with Crippen LogP contribution in [0.3, 0.4) is 0 Å². The maximum absolute atomic E-state index is 11.4. The second-order valence-corrected chi connectivity index (χ2v) is 4.09. The third kappa shape index (κ3) is 4.62. The lowest BCUT2D eigenvalue weighted by Crippen LogP contribution is -2.14. The van der Waals surface area contributed by atoms with Gasteiger partial charge in [-0.25, -0.2) is 4.79 Å². The van der Waals surface area contributed by atoms with Gasteiger partial charge in [-0.2, -0.15) is 0 Å². The summed E-state index contributed by atoms with van der Waals surface area (Å²) in [5.41, 5.74) is 3.11. The molecule has 0 aliphatic rings. The highest BCUT2D eigenvalue weighted by atomic mass is 16.5. The zero-order chi connectivity index (χ0) is 13.4. The van der Waals surface area contributed by atoms with Crippen LogP contribution in [0, 0.1) is 6.92 Å². The van der Waals surface area contributed by atoms with E-state index in [9.17, 15) is 4.79 Å². The summed E-state index contributed by atoms with van der Waals surface area (Å²) in [4.78, 5) is 11.4. The topological polar surface area (TPSA) is 38.3 Å². The van der Waals surface area contributed by atoms with Crippen LogP contribution >= 0.6 is 0 Å². The van der Waals surface area contributed by atoms with Crippen LogP contribution in [-0.2, 0) is 11.2 Å². The van der Waals surface area contributed by atoms with E-state index in [0.29, 0.717) is 6.61 Å². The van der Waals surface area contributed by atoms with Gasteiger partial charge in [0.05, 0.1) is 6.61 Å². The monoisotopic (exact) mass is 247 g/mol. The Morgan fingerprint density at radius 3 is 2.78 bits per heavy atom. The van der Waals surface area contributed by atoms with E-state index >= 15 is 0 Å². The lowest BCUT2D eigenvalue weighted by molar-refractivity contribution is 0.168. The second-order valence-electron chi connectivity index (χ2n) is 4.09. The Morgan fingerprint density at radius 2 is 2.11 bits per heavy atom. The molecule has 0 saturated heterocycles. The Balaban J connectivity index is 2.82. The molecule has 0 fully saturated rings. The molecule has 1 amide bonds. The van der Waals surface area contributed by atoms with Crippen molar-refractivity contribution in [2.24, 2.45) is 0 Å². The summed E-state index contributed by atoms with van der Waals surface area (Å²) < 4.78 is 4.89. The molecule has 18 heavy (non-hydrogen) atoms. The zero-order valence-electron chi connectivity index (χ0n) is 11.3. The number of hydrogen-bond donors (Lipinski definition) is 1. The summed E-state index contributed by atoms with van der Waals surface area (Å²) in [5, 5.41) is 2.77. The van der Waals surface area contributed by atoms with E-state index in [2.05, 4.69) is 30.5 Å². The molecule has 98 valence electrons. The molecule has 3 heteroatoms. The SMILES string of the molecule is CC/C=C\Cc1cc(C)ccc1NC(=O)OCC. The van der Waals surface area contributed by atoms with Crippen molar-refractivity contribution in [3.63, 3.8) is 0 Å². The fourth-order valence-corrected chi connectivity index (χ4v) is 1.67. The molecule has 0 spiro atoms. The molecule has 0 saturated carbocycles. The first-order chi connectivity index (χ1) is 8.67. The van der Waals surface area contributed by atoms with Gasteiger partial charge in [0.15, 0.2) is 0 Å². The molecule has 0 radical (unpaired) electrons. The standard InChI is InChI=1S/C15H21NO2/c1-4-6-7-8-13-11-12(3)9-10-14(13)16-15(17)18-5-2/h6-7,9-11H,4-5,8H2,1-3H3,(H,16,17)/b7-6-. The molecule has 0 aliphatic heterocycles. The molecule has 0 atom stereocenters. The normalized spacial score (nSPS) is 10.6. The smallest absolute Gasteiger partial charge is 0.411 e. The van der Waals surface area contributed by atoms with Crippen LogP contribution in [0.4, 0.5) is 10.5 Å². The van der Waals surface area contributed by atoms with Crippen LogP contribution in [0.2, 0.25) is 0 Å². The van der Waals surface area contributed by atoms with Crippen LogP contribution in [0.5, 0.6) is 0 Å². The molecule has 0 bridgehead atoms. The molecule has 1 rings (SSSR count). The minimum absolute atomic E-state index is 0.378. The molecule has 0 aliphatic carbocycles. The number of amides is 1. The number of benzene rings is 1. The minimum atomic E-state index is -0.401. The number of carbonyl (C=O) groups is 1. The zero-order valence-corrected chi connectivity index (χ0v) is 11.3. The van der Waals surface area contributed by atoms with Gasteiger partial charge < -0.3 is 4.74 Å². The third-order valence-electron chi connectivity index (χ3n) is 2.51. The summed E-state index contributed by atoms with van der Waals surface area (Å²) in [6, 6.07) is 5.98. The van der Waals surface area contributed by atoms with Gasteiger partial charge in [-0.15, -0.1) is 0 Å². The predicted octanol–water partition coefficient (Wildman–Crippen LogP) is 4.07. The fourth-order valence-electron chi connectivity index (χ4n) is 1.67. The minimum Gasteiger partial charge on any atom is -0.450 e. The summed E-state index contributed by atoms with van der Waals surface area (Å²) in [7, 11) is 0. The molecule has 0 heterocycles. The van der Waals surface area contributed by atoms with Crippen molar-refractivity contribution in [3.05, 3.63) is 41.5 Å². The molecular weight excluding hydrogens is 226 g/mol. The molecule has 3 nitrogen and oxygen atoms in total. The van der Waals surface area contributed by atoms with Crippen LogP contribution in [0.15, 0.2) is 30.4 Å². The van der Waals surface area contributed by atoms with Gasteiger partial charge >= 0.3 is 6.09 Å². The van der Waals surface area contributed by atoms with Crippen molar-refractivity contribution in [1.82, 2.24) is 0 Å². The maximum atomic E-state index is 11.4. The third-order valence-corrected chi connectivity index (χ3v) is 2.51. The summed E-state index contributed by atoms with van der Waals surface area (Å²) >= 11 is 0. The van der Waals surface area contributed by atoms with Gasteiger partial charge in [-0.05, 0) is 38.3 Å². The van der Waals surface area contributed by atoms with E-state index in [1.165, 1.54) is 5.56 Å². The quantitative estimate of drug-likeness (QED) is 0.796. The first kappa shape index (κ1) is 14.3. The van der Waals surface area contributed by atoms with Crippen LogP contribution in [0.1, 0.15) is 31.4 Å². The first-order valence-corrected chi connectivity index (χ1v) is 6.35. The van der Waals surface area contributed by atoms with Crippen LogP contribution < -0.4 is 5.32 Å². The highest BCUT2D eigenvalue weighted by Crippen LogP contribution is 2.18. The molecule has 1 aromatic rings. The first-order valence-electron chi connectivity index (χ1n) is 6.35. The number of anilines is 1. The van der Waals surface area contributed by atoms with E-state index in [0.717, 1.165) is 24.1 Å². The maximum Gasteiger partial charge on any atom is 0.411 e. The molecule has 0 aromatic heterocycles. The largest absolute Gasteiger partial charge is 0.450 e. The van der Waals surface area contributed by atoms with Gasteiger partial charge in [-0.3, -0.25) is 5.32 Å². The molecule has 1 N–H and O–H groups in total. The fraction of sp³-hybridized carbons (Fsp3) is 0.400. The van der Waals surface area contributed by atoms with Gasteiger partial charge in [-0.1, -0.05) is 36.8 Å². The number of carbonyl (C=O) groups excluding carboxylic acids is 1. The van der Waals surface area contributed by atoms with Gasteiger partial charge in [0.1, 0.15) is 0 Å². The number of allylic oxidation sites excluding steroid dienone is 2. The number of rotatable bonds is 5. The summed E-state index contributed by atoms with van der Waals surface area (Å²) in [5.74, 6) is 0. The molecule has 1 aromatic carbocycles. The Labute approximate surface area is 109 Å². The van der Waals surface area contributed by atoms with Crippen molar-refractivity contribution >= 4 is 11.8 Å². The molecular formula is C15H21NO2. The predicted molar refractivity (Wildman–Crippen MR) is 75.0 cm³/mol. The number of aryl methyl sites for hydroxylation is 1. The van der Waals surface area contributed by atoms with Crippen molar-refractivity contribution < 1.29 is 9.53 Å². The van der Waals surface area contributed by atoms with E-state index < -0.39 is 6.09 Å². The van der Waals surface area contributed by atoms with Crippen molar-refractivity contribution in [2.45, 2.75) is 33.6 Å². The number of nitrogens with one attached hydrogen (secondary N) is 1. The molecule has 0 unspecified atom stereocenters. The summed E-state index contributed by atoms with van der Waals surface area (Å²) in [6.07, 6.45) is 5.67.